The fraction of sp³-hybridized carbons (Fsp3) is 0.583. The predicted molar refractivity (Wildman–Crippen MR) is 61.3 cm³/mol. The van der Waals surface area contributed by atoms with Crippen LogP contribution in [0.5, 0.6) is 0 Å². The number of carbonyl (C=O) groups is 2. The summed E-state index contributed by atoms with van der Waals surface area (Å²) in [7, 11) is 1.70. The third kappa shape index (κ3) is 3.61. The minimum atomic E-state index is -0.138. The number of rotatable bonds is 7. The van der Waals surface area contributed by atoms with E-state index in [2.05, 4.69) is 12.0 Å². The lowest BCUT2D eigenvalue weighted by atomic mass is 10.1. The van der Waals surface area contributed by atoms with E-state index in [-0.39, 0.29) is 18.0 Å². The van der Waals surface area contributed by atoms with Gasteiger partial charge < -0.3 is 0 Å². The van der Waals surface area contributed by atoms with Crippen LogP contribution in [0.4, 0.5) is 0 Å². The van der Waals surface area contributed by atoms with Crippen LogP contribution in [0.3, 0.4) is 0 Å². The van der Waals surface area contributed by atoms with Gasteiger partial charge in [0.2, 0.25) is 0 Å². The van der Waals surface area contributed by atoms with E-state index in [1.807, 2.05) is 0 Å². The Kier molecular flexibility index (Phi) is 4.89. The Morgan fingerprint density at radius 3 is 2.69 bits per heavy atom. The summed E-state index contributed by atoms with van der Waals surface area (Å²) in [6, 6.07) is 1.64. The van der Waals surface area contributed by atoms with E-state index in [1.54, 1.807) is 19.3 Å². The smallest absolute Gasteiger partial charge is 0.188 e. The standard InChI is InChI=1S/C12H18N2O2/c1-3-4-5-6-10(15)9-12(16)11-7-8-13-14(11)2/h7-8H,3-6,9H2,1-2H3. The maximum Gasteiger partial charge on any atom is 0.188 e. The molecule has 0 atom stereocenters. The molecule has 0 amide bonds. The highest BCUT2D eigenvalue weighted by atomic mass is 16.1. The van der Waals surface area contributed by atoms with Gasteiger partial charge in [-0.05, 0) is 12.5 Å². The van der Waals surface area contributed by atoms with Gasteiger partial charge in [-0.15, -0.1) is 0 Å². The molecule has 0 N–H and O–H groups in total. The first-order chi connectivity index (χ1) is 7.65. The molecule has 0 saturated heterocycles. The second kappa shape index (κ2) is 6.20. The summed E-state index contributed by atoms with van der Waals surface area (Å²) >= 11 is 0. The summed E-state index contributed by atoms with van der Waals surface area (Å²) in [6.07, 6.45) is 5.10. The van der Waals surface area contributed by atoms with Crippen molar-refractivity contribution in [3.63, 3.8) is 0 Å². The molecular weight excluding hydrogens is 204 g/mol. The molecule has 88 valence electrons. The molecule has 0 spiro atoms. The summed E-state index contributed by atoms with van der Waals surface area (Å²) in [5.74, 6) is -0.110. The lowest BCUT2D eigenvalue weighted by molar-refractivity contribution is -0.118. The van der Waals surface area contributed by atoms with Crippen LogP contribution in [0.15, 0.2) is 12.3 Å². The molecule has 4 nitrogen and oxygen atoms in total. The van der Waals surface area contributed by atoms with Crippen LogP contribution in [0.1, 0.15) is 49.5 Å². The molecule has 1 heterocycles. The van der Waals surface area contributed by atoms with Crippen molar-refractivity contribution in [3.8, 4) is 0 Å². The Morgan fingerprint density at radius 2 is 2.12 bits per heavy atom. The quantitative estimate of drug-likeness (QED) is 0.403. The molecule has 0 aliphatic carbocycles. The van der Waals surface area contributed by atoms with Gasteiger partial charge >= 0.3 is 0 Å². The first kappa shape index (κ1) is 12.6. The van der Waals surface area contributed by atoms with E-state index >= 15 is 0 Å². The van der Waals surface area contributed by atoms with Crippen LogP contribution in [0.25, 0.3) is 0 Å². The Balaban J connectivity index is 2.40. The molecule has 1 rings (SSSR count). The van der Waals surface area contributed by atoms with E-state index < -0.39 is 0 Å². The molecule has 16 heavy (non-hydrogen) atoms. The van der Waals surface area contributed by atoms with Crippen molar-refractivity contribution >= 4 is 11.6 Å². The fourth-order valence-corrected chi connectivity index (χ4v) is 1.58. The number of hydrogen-bond acceptors (Lipinski definition) is 3. The average Bonchev–Trinajstić information content (AvgIpc) is 2.65. The van der Waals surface area contributed by atoms with Gasteiger partial charge in [0, 0.05) is 19.7 Å². The maximum atomic E-state index is 11.7. The monoisotopic (exact) mass is 222 g/mol. The molecule has 0 aromatic carbocycles. The normalized spacial score (nSPS) is 10.4. The topological polar surface area (TPSA) is 52.0 Å². The summed E-state index contributed by atoms with van der Waals surface area (Å²) < 4.78 is 1.50. The zero-order valence-electron chi connectivity index (χ0n) is 9.90. The Hall–Kier alpha value is -1.45. The van der Waals surface area contributed by atoms with E-state index in [9.17, 15) is 9.59 Å². The lowest BCUT2D eigenvalue weighted by Gasteiger charge is -2.01. The highest BCUT2D eigenvalue weighted by Crippen LogP contribution is 2.06. The van der Waals surface area contributed by atoms with Gasteiger partial charge in [0.25, 0.3) is 0 Å². The minimum Gasteiger partial charge on any atom is -0.299 e. The van der Waals surface area contributed by atoms with Gasteiger partial charge in [0.05, 0.1) is 6.42 Å². The van der Waals surface area contributed by atoms with Crippen molar-refractivity contribution < 1.29 is 9.59 Å². The van der Waals surface area contributed by atoms with Gasteiger partial charge in [-0.25, -0.2) is 0 Å². The van der Waals surface area contributed by atoms with Crippen LogP contribution in [0, 0.1) is 0 Å². The van der Waals surface area contributed by atoms with Gasteiger partial charge in [-0.1, -0.05) is 19.8 Å². The fourth-order valence-electron chi connectivity index (χ4n) is 1.58. The molecule has 0 saturated carbocycles. The second-order valence-corrected chi connectivity index (χ2v) is 3.94. The van der Waals surface area contributed by atoms with Crippen molar-refractivity contribution in [3.05, 3.63) is 18.0 Å². The third-order valence-electron chi connectivity index (χ3n) is 2.52. The molecule has 0 bridgehead atoms. The number of aromatic nitrogens is 2. The van der Waals surface area contributed by atoms with E-state index in [0.717, 1.165) is 19.3 Å². The van der Waals surface area contributed by atoms with Crippen molar-refractivity contribution in [2.75, 3.05) is 0 Å². The van der Waals surface area contributed by atoms with Crippen LogP contribution < -0.4 is 0 Å². The zero-order chi connectivity index (χ0) is 12.0. The number of aryl methyl sites for hydroxylation is 1. The molecule has 0 aliphatic rings. The maximum absolute atomic E-state index is 11.7. The number of carbonyl (C=O) groups excluding carboxylic acids is 2. The minimum absolute atomic E-state index is 0.00322. The highest BCUT2D eigenvalue weighted by molar-refractivity contribution is 6.07. The van der Waals surface area contributed by atoms with Crippen LogP contribution in [-0.2, 0) is 11.8 Å². The molecule has 0 radical (unpaired) electrons. The van der Waals surface area contributed by atoms with Crippen molar-refractivity contribution in [1.82, 2.24) is 9.78 Å². The van der Waals surface area contributed by atoms with Gasteiger partial charge in [0.1, 0.15) is 11.5 Å². The Bertz CT molecular complexity index is 369. The number of Topliss-reactive ketones (excluding diaryl/α,β-unsaturated/α-hetero) is 2. The molecule has 4 heteroatoms. The van der Waals surface area contributed by atoms with Crippen LogP contribution in [0.2, 0.25) is 0 Å². The number of unbranched alkanes of at least 4 members (excludes halogenated alkanes) is 2. The van der Waals surface area contributed by atoms with Crippen molar-refractivity contribution in [1.29, 1.82) is 0 Å². The van der Waals surface area contributed by atoms with Gasteiger partial charge in [-0.3, -0.25) is 14.3 Å². The first-order valence-electron chi connectivity index (χ1n) is 5.68. The SMILES string of the molecule is CCCCCC(=O)CC(=O)c1ccnn1C. The second-order valence-electron chi connectivity index (χ2n) is 3.94. The Morgan fingerprint density at radius 1 is 1.38 bits per heavy atom. The molecule has 0 aliphatic heterocycles. The van der Waals surface area contributed by atoms with Crippen LogP contribution >= 0.6 is 0 Å². The largest absolute Gasteiger partial charge is 0.299 e. The number of nitrogens with zero attached hydrogens (tertiary/aromatic N) is 2. The third-order valence-corrected chi connectivity index (χ3v) is 2.52. The van der Waals surface area contributed by atoms with E-state index in [4.69, 9.17) is 0 Å². The van der Waals surface area contributed by atoms with E-state index in [0.29, 0.717) is 12.1 Å². The molecule has 1 aromatic rings. The van der Waals surface area contributed by atoms with Crippen LogP contribution in [-0.4, -0.2) is 21.3 Å². The van der Waals surface area contributed by atoms with Crippen molar-refractivity contribution in [2.24, 2.45) is 7.05 Å². The molecule has 0 unspecified atom stereocenters. The highest BCUT2D eigenvalue weighted by Gasteiger charge is 2.14. The lowest BCUT2D eigenvalue weighted by Crippen LogP contribution is -2.12. The van der Waals surface area contributed by atoms with Gasteiger partial charge in [-0.2, -0.15) is 5.10 Å². The van der Waals surface area contributed by atoms with Crippen molar-refractivity contribution in [2.45, 2.75) is 39.0 Å². The molecule has 0 fully saturated rings. The summed E-state index contributed by atoms with van der Waals surface area (Å²) in [5, 5.41) is 3.90. The molecular formula is C12H18N2O2. The van der Waals surface area contributed by atoms with E-state index in [1.165, 1.54) is 4.68 Å². The Labute approximate surface area is 95.6 Å². The average molecular weight is 222 g/mol. The van der Waals surface area contributed by atoms with Gasteiger partial charge in [0.15, 0.2) is 5.78 Å². The molecule has 1 aromatic heterocycles. The summed E-state index contributed by atoms with van der Waals surface area (Å²) in [5.41, 5.74) is 0.504. The number of hydrogen-bond donors (Lipinski definition) is 0. The predicted octanol–water partition coefficient (Wildman–Crippen LogP) is 2.14. The zero-order valence-corrected chi connectivity index (χ0v) is 9.90. The number of ketones is 2. The summed E-state index contributed by atoms with van der Waals surface area (Å²) in [6.45, 7) is 2.09. The first-order valence-corrected chi connectivity index (χ1v) is 5.68. The summed E-state index contributed by atoms with van der Waals surface area (Å²) in [4.78, 5) is 23.2.